The van der Waals surface area contributed by atoms with E-state index in [-0.39, 0.29) is 10.6 Å². The molecule has 0 bridgehead atoms. The van der Waals surface area contributed by atoms with Gasteiger partial charge in [-0.15, -0.1) is 0 Å². The van der Waals surface area contributed by atoms with E-state index in [1.54, 1.807) is 13.0 Å². The van der Waals surface area contributed by atoms with Crippen LogP contribution in [0, 0.1) is 12.7 Å². The van der Waals surface area contributed by atoms with E-state index in [0.29, 0.717) is 11.3 Å². The first-order valence-corrected chi connectivity index (χ1v) is 7.37. The van der Waals surface area contributed by atoms with Crippen LogP contribution < -0.4 is 5.73 Å². The van der Waals surface area contributed by atoms with Crippen LogP contribution >= 0.6 is 0 Å². The van der Waals surface area contributed by atoms with Gasteiger partial charge >= 0.3 is 0 Å². The zero-order chi connectivity index (χ0) is 14.0. The Balaban J connectivity index is 2.36. The number of nitrogens with two attached hydrogens (primary N) is 1. The summed E-state index contributed by atoms with van der Waals surface area (Å²) in [7, 11) is -3.49. The molecule has 0 radical (unpaired) electrons. The van der Waals surface area contributed by atoms with Crippen molar-refractivity contribution < 1.29 is 12.8 Å². The van der Waals surface area contributed by atoms with Crippen molar-refractivity contribution >= 4 is 15.5 Å². The highest BCUT2D eigenvalue weighted by molar-refractivity contribution is 7.90. The number of halogens is 1. The van der Waals surface area contributed by atoms with Crippen LogP contribution in [0.5, 0.6) is 0 Å². The topological polar surface area (TPSA) is 60.2 Å². The Morgan fingerprint density at radius 1 is 1.11 bits per heavy atom. The number of nitrogen functional groups attached to an aromatic ring is 1. The van der Waals surface area contributed by atoms with Gasteiger partial charge < -0.3 is 5.73 Å². The molecule has 0 aliphatic carbocycles. The Kier molecular flexibility index (Phi) is 3.57. The summed E-state index contributed by atoms with van der Waals surface area (Å²) in [6.45, 7) is 1.76. The Hall–Kier alpha value is -1.88. The lowest BCUT2D eigenvalue weighted by atomic mass is 10.1. The lowest BCUT2D eigenvalue weighted by Gasteiger charge is -2.08. The normalized spacial score (nSPS) is 11.5. The summed E-state index contributed by atoms with van der Waals surface area (Å²) in [5, 5.41) is 0. The maximum atomic E-state index is 13.2. The van der Waals surface area contributed by atoms with Gasteiger partial charge in [0.1, 0.15) is 5.82 Å². The van der Waals surface area contributed by atoms with Gasteiger partial charge in [-0.3, -0.25) is 0 Å². The molecule has 0 saturated carbocycles. The third-order valence-corrected chi connectivity index (χ3v) is 4.58. The van der Waals surface area contributed by atoms with Crippen molar-refractivity contribution in [1.82, 2.24) is 0 Å². The van der Waals surface area contributed by atoms with Crippen molar-refractivity contribution in [1.29, 1.82) is 0 Å². The van der Waals surface area contributed by atoms with Gasteiger partial charge in [0.05, 0.1) is 10.6 Å². The van der Waals surface area contributed by atoms with Crippen LogP contribution in [0.1, 0.15) is 11.1 Å². The predicted octanol–water partition coefficient (Wildman–Crippen LogP) is 2.69. The van der Waals surface area contributed by atoms with E-state index in [9.17, 15) is 12.8 Å². The zero-order valence-corrected chi connectivity index (χ0v) is 11.2. The summed E-state index contributed by atoms with van der Waals surface area (Å²) < 4.78 is 37.6. The Morgan fingerprint density at radius 2 is 1.74 bits per heavy atom. The molecule has 3 nitrogen and oxygen atoms in total. The standard InChI is InChI=1S/C14H14FNO2S/c1-10-2-3-12(15)8-11(10)9-19(17,18)14-6-4-13(16)5-7-14/h2-8H,9,16H2,1H3. The molecular formula is C14H14FNO2S. The fraction of sp³-hybridized carbons (Fsp3) is 0.143. The van der Waals surface area contributed by atoms with Crippen LogP contribution in [0.25, 0.3) is 0 Å². The van der Waals surface area contributed by atoms with Gasteiger partial charge in [-0.05, 0) is 54.4 Å². The van der Waals surface area contributed by atoms with Crippen LogP contribution in [0.15, 0.2) is 47.4 Å². The smallest absolute Gasteiger partial charge is 0.182 e. The van der Waals surface area contributed by atoms with Gasteiger partial charge in [0.25, 0.3) is 0 Å². The first-order chi connectivity index (χ1) is 8.88. The zero-order valence-electron chi connectivity index (χ0n) is 10.4. The lowest BCUT2D eigenvalue weighted by Crippen LogP contribution is -2.06. The predicted molar refractivity (Wildman–Crippen MR) is 72.9 cm³/mol. The summed E-state index contributed by atoms with van der Waals surface area (Å²) in [4.78, 5) is 0.186. The molecule has 0 heterocycles. The van der Waals surface area contributed by atoms with Crippen LogP contribution in [0.3, 0.4) is 0 Å². The quantitative estimate of drug-likeness (QED) is 0.879. The highest BCUT2D eigenvalue weighted by atomic mass is 32.2. The Labute approximate surface area is 111 Å². The summed E-state index contributed by atoms with van der Waals surface area (Å²) >= 11 is 0. The minimum absolute atomic E-state index is 0.186. The Morgan fingerprint density at radius 3 is 2.37 bits per heavy atom. The number of hydrogen-bond donors (Lipinski definition) is 1. The van der Waals surface area contributed by atoms with Gasteiger partial charge in [-0.1, -0.05) is 6.07 Å². The van der Waals surface area contributed by atoms with E-state index in [4.69, 9.17) is 5.73 Å². The monoisotopic (exact) mass is 279 g/mol. The van der Waals surface area contributed by atoms with Crippen LogP contribution in [0.4, 0.5) is 10.1 Å². The average molecular weight is 279 g/mol. The van der Waals surface area contributed by atoms with E-state index in [0.717, 1.165) is 5.56 Å². The molecule has 0 saturated heterocycles. The highest BCUT2D eigenvalue weighted by Crippen LogP contribution is 2.20. The largest absolute Gasteiger partial charge is 0.399 e. The van der Waals surface area contributed by atoms with Crippen molar-refractivity contribution in [3.05, 3.63) is 59.4 Å². The van der Waals surface area contributed by atoms with Crippen molar-refractivity contribution in [3.63, 3.8) is 0 Å². The van der Waals surface area contributed by atoms with Gasteiger partial charge in [-0.25, -0.2) is 12.8 Å². The van der Waals surface area contributed by atoms with Crippen LogP contribution in [-0.4, -0.2) is 8.42 Å². The summed E-state index contributed by atoms with van der Waals surface area (Å²) in [5.41, 5.74) is 7.24. The number of benzene rings is 2. The molecule has 0 aliphatic heterocycles. The molecule has 2 rings (SSSR count). The molecule has 19 heavy (non-hydrogen) atoms. The van der Waals surface area contributed by atoms with E-state index in [2.05, 4.69) is 0 Å². The third-order valence-electron chi connectivity index (χ3n) is 2.90. The van der Waals surface area contributed by atoms with Crippen LogP contribution in [-0.2, 0) is 15.6 Å². The maximum Gasteiger partial charge on any atom is 0.182 e. The number of sulfone groups is 1. The molecular weight excluding hydrogens is 265 g/mol. The van der Waals surface area contributed by atoms with E-state index in [1.165, 1.54) is 36.4 Å². The second-order valence-corrected chi connectivity index (χ2v) is 6.39. The summed E-state index contributed by atoms with van der Waals surface area (Å²) in [6, 6.07) is 10.1. The van der Waals surface area contributed by atoms with Crippen molar-refractivity contribution in [2.45, 2.75) is 17.6 Å². The molecule has 0 atom stereocenters. The number of aryl methyl sites for hydroxylation is 1. The summed E-state index contributed by atoms with van der Waals surface area (Å²) in [5.74, 6) is -0.659. The fourth-order valence-corrected chi connectivity index (χ4v) is 3.20. The van der Waals surface area contributed by atoms with Crippen molar-refractivity contribution in [2.75, 3.05) is 5.73 Å². The van der Waals surface area contributed by atoms with Gasteiger partial charge in [-0.2, -0.15) is 0 Å². The molecule has 0 spiro atoms. The maximum absolute atomic E-state index is 13.2. The third kappa shape index (κ3) is 3.12. The van der Waals surface area contributed by atoms with Crippen LogP contribution in [0.2, 0.25) is 0 Å². The SMILES string of the molecule is Cc1ccc(F)cc1CS(=O)(=O)c1ccc(N)cc1. The van der Waals surface area contributed by atoms with E-state index >= 15 is 0 Å². The first kappa shape index (κ1) is 13.5. The lowest BCUT2D eigenvalue weighted by molar-refractivity contribution is 0.594. The molecule has 0 amide bonds. The van der Waals surface area contributed by atoms with Gasteiger partial charge in [0.2, 0.25) is 0 Å². The number of anilines is 1. The first-order valence-electron chi connectivity index (χ1n) is 5.72. The van der Waals surface area contributed by atoms with Crippen molar-refractivity contribution in [3.8, 4) is 0 Å². The number of hydrogen-bond acceptors (Lipinski definition) is 3. The highest BCUT2D eigenvalue weighted by Gasteiger charge is 2.16. The summed E-state index contributed by atoms with van der Waals surface area (Å²) in [6.07, 6.45) is 0. The molecule has 0 aromatic heterocycles. The van der Waals surface area contributed by atoms with E-state index in [1.807, 2.05) is 0 Å². The van der Waals surface area contributed by atoms with Gasteiger partial charge in [0.15, 0.2) is 9.84 Å². The molecule has 0 unspecified atom stereocenters. The molecule has 100 valence electrons. The minimum Gasteiger partial charge on any atom is -0.399 e. The minimum atomic E-state index is -3.49. The fourth-order valence-electron chi connectivity index (χ4n) is 1.76. The number of rotatable bonds is 3. The average Bonchev–Trinajstić information content (AvgIpc) is 2.34. The molecule has 5 heteroatoms. The molecule has 2 aromatic carbocycles. The van der Waals surface area contributed by atoms with Gasteiger partial charge in [0, 0.05) is 5.69 Å². The molecule has 2 aromatic rings. The van der Waals surface area contributed by atoms with E-state index < -0.39 is 15.7 Å². The molecule has 0 fully saturated rings. The van der Waals surface area contributed by atoms with Crippen molar-refractivity contribution in [2.24, 2.45) is 0 Å². The molecule has 2 N–H and O–H groups in total. The molecule has 0 aliphatic rings. The second-order valence-electron chi connectivity index (χ2n) is 4.40. The second kappa shape index (κ2) is 5.01. The Bertz CT molecular complexity index is 694.